The number of halogens is 4. The predicted octanol–water partition coefficient (Wildman–Crippen LogP) is 6.12. The standard InChI is InChI=1S/C22H24BrF3N2O3S/c1-6-31-19(30)15-12-10-20(2,3)28-21(4,5)16(12)32-18(15)27-17(29)11-7-8-14(23)13(9-11)22(24,25)26/h7-9,28H,6,10H2,1-5H3,(H,27,29). The van der Waals surface area contributed by atoms with Gasteiger partial charge in [-0.25, -0.2) is 4.79 Å². The lowest BCUT2D eigenvalue weighted by atomic mass is 9.81. The van der Waals surface area contributed by atoms with Gasteiger partial charge in [0.2, 0.25) is 0 Å². The molecule has 3 rings (SSSR count). The average molecular weight is 533 g/mol. The Kier molecular flexibility index (Phi) is 6.54. The molecule has 0 unspecified atom stereocenters. The quantitative estimate of drug-likeness (QED) is 0.465. The van der Waals surface area contributed by atoms with Gasteiger partial charge in [-0.2, -0.15) is 13.2 Å². The first-order chi connectivity index (χ1) is 14.7. The number of carbonyl (C=O) groups is 2. The van der Waals surface area contributed by atoms with Gasteiger partial charge in [-0.3, -0.25) is 4.79 Å². The van der Waals surface area contributed by atoms with Crippen molar-refractivity contribution in [2.75, 3.05) is 11.9 Å². The fourth-order valence-electron chi connectivity index (χ4n) is 4.09. The van der Waals surface area contributed by atoms with Gasteiger partial charge in [-0.05, 0) is 64.8 Å². The van der Waals surface area contributed by atoms with Crippen LogP contribution in [0.5, 0.6) is 0 Å². The molecule has 5 nitrogen and oxygen atoms in total. The molecule has 0 saturated carbocycles. The van der Waals surface area contributed by atoms with Gasteiger partial charge in [-0.1, -0.05) is 15.9 Å². The van der Waals surface area contributed by atoms with Gasteiger partial charge >= 0.3 is 12.1 Å². The topological polar surface area (TPSA) is 67.4 Å². The van der Waals surface area contributed by atoms with Crippen molar-refractivity contribution in [3.8, 4) is 0 Å². The van der Waals surface area contributed by atoms with Gasteiger partial charge in [0, 0.05) is 26.0 Å². The van der Waals surface area contributed by atoms with E-state index in [1.807, 2.05) is 27.7 Å². The normalized spacial score (nSPS) is 16.9. The van der Waals surface area contributed by atoms with Crippen molar-refractivity contribution >= 4 is 44.1 Å². The zero-order valence-corrected chi connectivity index (χ0v) is 20.7. The predicted molar refractivity (Wildman–Crippen MR) is 121 cm³/mol. The molecule has 0 radical (unpaired) electrons. The Morgan fingerprint density at radius 1 is 1.25 bits per heavy atom. The van der Waals surface area contributed by atoms with Crippen LogP contribution in [-0.4, -0.2) is 24.0 Å². The van der Waals surface area contributed by atoms with Gasteiger partial charge in [-0.15, -0.1) is 11.3 Å². The third-order valence-electron chi connectivity index (χ3n) is 5.08. The zero-order chi connectivity index (χ0) is 24.1. The molecule has 0 fully saturated rings. The zero-order valence-electron chi connectivity index (χ0n) is 18.3. The van der Waals surface area contributed by atoms with Gasteiger partial charge < -0.3 is 15.4 Å². The maximum atomic E-state index is 13.3. The number of amides is 1. The highest BCUT2D eigenvalue weighted by atomic mass is 79.9. The summed E-state index contributed by atoms with van der Waals surface area (Å²) in [5.41, 5.74) is -0.867. The fraction of sp³-hybridized carbons (Fsp3) is 0.455. The molecule has 1 amide bonds. The number of rotatable bonds is 4. The number of hydrogen-bond acceptors (Lipinski definition) is 5. The molecule has 1 aliphatic heterocycles. The Balaban J connectivity index is 2.06. The number of benzene rings is 1. The van der Waals surface area contributed by atoms with Crippen LogP contribution in [0.2, 0.25) is 0 Å². The molecule has 0 spiro atoms. The van der Waals surface area contributed by atoms with E-state index in [1.54, 1.807) is 6.92 Å². The second-order valence-corrected chi connectivity index (χ2v) is 10.7. The third-order valence-corrected chi connectivity index (χ3v) is 7.25. The number of hydrogen-bond donors (Lipinski definition) is 2. The van der Waals surface area contributed by atoms with Crippen molar-refractivity contribution in [2.45, 2.75) is 58.3 Å². The number of fused-ring (bicyclic) bond motifs is 1. The minimum atomic E-state index is -4.62. The van der Waals surface area contributed by atoms with E-state index < -0.39 is 29.2 Å². The molecule has 2 heterocycles. The van der Waals surface area contributed by atoms with Gasteiger partial charge in [0.1, 0.15) is 5.00 Å². The molecule has 32 heavy (non-hydrogen) atoms. The number of carbonyl (C=O) groups excluding carboxylic acids is 2. The summed E-state index contributed by atoms with van der Waals surface area (Å²) in [7, 11) is 0. The first-order valence-corrected chi connectivity index (χ1v) is 11.6. The van der Waals surface area contributed by atoms with Gasteiger partial charge in [0.05, 0.1) is 17.7 Å². The first-order valence-electron chi connectivity index (χ1n) is 9.97. The van der Waals surface area contributed by atoms with Crippen molar-refractivity contribution < 1.29 is 27.5 Å². The van der Waals surface area contributed by atoms with E-state index in [2.05, 4.69) is 26.6 Å². The number of esters is 1. The average Bonchev–Trinajstić information content (AvgIpc) is 2.98. The molecule has 2 N–H and O–H groups in total. The monoisotopic (exact) mass is 532 g/mol. The summed E-state index contributed by atoms with van der Waals surface area (Å²) < 4.78 is 44.9. The van der Waals surface area contributed by atoms with Crippen molar-refractivity contribution in [2.24, 2.45) is 0 Å². The lowest BCUT2D eigenvalue weighted by Crippen LogP contribution is -2.55. The Hall–Kier alpha value is -1.91. The number of ether oxygens (including phenoxy) is 1. The van der Waals surface area contributed by atoms with Crippen LogP contribution in [-0.2, 0) is 22.9 Å². The van der Waals surface area contributed by atoms with Crippen LogP contribution in [0.25, 0.3) is 0 Å². The summed E-state index contributed by atoms with van der Waals surface area (Å²) in [5, 5.41) is 6.45. The summed E-state index contributed by atoms with van der Waals surface area (Å²) >= 11 is 4.11. The molecule has 174 valence electrons. The van der Waals surface area contributed by atoms with E-state index in [9.17, 15) is 22.8 Å². The number of alkyl halides is 3. The maximum absolute atomic E-state index is 13.3. The van der Waals surface area contributed by atoms with Gasteiger partial charge in [0.25, 0.3) is 5.91 Å². The third kappa shape index (κ3) is 4.87. The lowest BCUT2D eigenvalue weighted by Gasteiger charge is -2.42. The van der Waals surface area contributed by atoms with E-state index in [0.29, 0.717) is 6.42 Å². The molecule has 1 aliphatic rings. The molecule has 2 aromatic rings. The van der Waals surface area contributed by atoms with E-state index in [4.69, 9.17) is 4.74 Å². The molecule has 0 bridgehead atoms. The van der Waals surface area contributed by atoms with Crippen LogP contribution >= 0.6 is 27.3 Å². The second-order valence-electron chi connectivity index (χ2n) is 8.79. The minimum Gasteiger partial charge on any atom is -0.462 e. The Labute approximate surface area is 196 Å². The highest BCUT2D eigenvalue weighted by Crippen LogP contribution is 2.45. The SMILES string of the molecule is CCOC(=O)c1c(NC(=O)c2ccc(Br)c(C(F)(F)F)c2)sc2c1CC(C)(C)NC2(C)C. The molecule has 10 heteroatoms. The molecule has 1 aromatic carbocycles. The van der Waals surface area contributed by atoms with Crippen molar-refractivity contribution in [3.63, 3.8) is 0 Å². The van der Waals surface area contributed by atoms with E-state index in [0.717, 1.165) is 16.5 Å². The van der Waals surface area contributed by atoms with Crippen molar-refractivity contribution in [1.29, 1.82) is 0 Å². The fourth-order valence-corrected chi connectivity index (χ4v) is 5.83. The Bertz CT molecular complexity index is 1080. The molecule has 0 saturated heterocycles. The second kappa shape index (κ2) is 8.46. The number of thiophene rings is 1. The molecule has 0 atom stereocenters. The Morgan fingerprint density at radius 2 is 1.91 bits per heavy atom. The minimum absolute atomic E-state index is 0.156. The summed E-state index contributed by atoms with van der Waals surface area (Å²) in [5.74, 6) is -1.31. The van der Waals surface area contributed by atoms with Gasteiger partial charge in [0.15, 0.2) is 0 Å². The van der Waals surface area contributed by atoms with E-state index in [-0.39, 0.29) is 32.7 Å². The van der Waals surface area contributed by atoms with E-state index >= 15 is 0 Å². The first kappa shape index (κ1) is 24.7. The van der Waals surface area contributed by atoms with Crippen LogP contribution in [0.15, 0.2) is 22.7 Å². The van der Waals surface area contributed by atoms with Crippen LogP contribution in [0, 0.1) is 0 Å². The van der Waals surface area contributed by atoms with Crippen LogP contribution < -0.4 is 10.6 Å². The molecule has 0 aliphatic carbocycles. The van der Waals surface area contributed by atoms with Crippen LogP contribution in [0.3, 0.4) is 0 Å². The summed E-state index contributed by atoms with van der Waals surface area (Å²) in [6, 6.07) is 3.26. The Morgan fingerprint density at radius 3 is 2.50 bits per heavy atom. The molecular formula is C22H24BrF3N2O3S. The van der Waals surface area contributed by atoms with E-state index in [1.165, 1.54) is 23.5 Å². The van der Waals surface area contributed by atoms with Crippen LogP contribution in [0.1, 0.15) is 71.3 Å². The molecule has 1 aromatic heterocycles. The summed E-state index contributed by atoms with van der Waals surface area (Å²) in [6.45, 7) is 9.84. The summed E-state index contributed by atoms with van der Waals surface area (Å²) in [4.78, 5) is 26.6. The number of anilines is 1. The smallest absolute Gasteiger partial charge is 0.417 e. The highest BCUT2D eigenvalue weighted by Gasteiger charge is 2.42. The highest BCUT2D eigenvalue weighted by molar-refractivity contribution is 9.10. The summed E-state index contributed by atoms with van der Waals surface area (Å²) in [6.07, 6.45) is -4.09. The number of nitrogens with one attached hydrogen (secondary N) is 2. The largest absolute Gasteiger partial charge is 0.462 e. The van der Waals surface area contributed by atoms with Crippen molar-refractivity contribution in [1.82, 2.24) is 5.32 Å². The van der Waals surface area contributed by atoms with Crippen molar-refractivity contribution in [3.05, 3.63) is 49.8 Å². The maximum Gasteiger partial charge on any atom is 0.417 e. The lowest BCUT2D eigenvalue weighted by molar-refractivity contribution is -0.138. The van der Waals surface area contributed by atoms with Crippen LogP contribution in [0.4, 0.5) is 18.2 Å². The molecular weight excluding hydrogens is 509 g/mol.